The summed E-state index contributed by atoms with van der Waals surface area (Å²) < 4.78 is 0. The Bertz CT molecular complexity index is 958. The summed E-state index contributed by atoms with van der Waals surface area (Å²) in [5.41, 5.74) is 2.22. The zero-order valence-electron chi connectivity index (χ0n) is 15.8. The highest BCUT2D eigenvalue weighted by Gasteiger charge is 2.37. The van der Waals surface area contributed by atoms with Gasteiger partial charge in [0.25, 0.3) is 11.6 Å². The molecule has 0 bridgehead atoms. The van der Waals surface area contributed by atoms with E-state index in [-0.39, 0.29) is 24.0 Å². The maximum absolute atomic E-state index is 12.6. The molecule has 0 spiro atoms. The van der Waals surface area contributed by atoms with Crippen molar-refractivity contribution in [2.75, 3.05) is 11.9 Å². The number of non-ortho nitro benzene ring substituents is 1. The molecule has 1 aliphatic heterocycles. The largest absolute Gasteiger partial charge is 0.326 e. The average molecular weight is 396 g/mol. The number of urea groups is 1. The Morgan fingerprint density at radius 3 is 2.55 bits per heavy atom. The van der Waals surface area contributed by atoms with Gasteiger partial charge in [0.2, 0.25) is 5.91 Å². The lowest BCUT2D eigenvalue weighted by molar-refractivity contribution is -0.384. The molecule has 0 aliphatic carbocycles. The lowest BCUT2D eigenvalue weighted by Gasteiger charge is -2.13. The SMILES string of the molecule is CC(=O)Nc1cccc(CC2NC(=O)N(CCc3ccc([N+](=O)[O-])cc3)C2=O)c1. The fourth-order valence-corrected chi connectivity index (χ4v) is 3.17. The van der Waals surface area contributed by atoms with Crippen molar-refractivity contribution in [2.24, 2.45) is 0 Å². The molecule has 4 amide bonds. The molecule has 3 rings (SSSR count). The van der Waals surface area contributed by atoms with Crippen LogP contribution in [0.3, 0.4) is 0 Å². The van der Waals surface area contributed by atoms with Crippen molar-refractivity contribution in [3.05, 3.63) is 69.8 Å². The second kappa shape index (κ2) is 8.51. The number of hydrogen-bond donors (Lipinski definition) is 2. The van der Waals surface area contributed by atoms with E-state index in [9.17, 15) is 24.5 Å². The zero-order chi connectivity index (χ0) is 21.0. The number of carbonyl (C=O) groups is 3. The van der Waals surface area contributed by atoms with Gasteiger partial charge in [-0.15, -0.1) is 0 Å². The fraction of sp³-hybridized carbons (Fsp3) is 0.250. The van der Waals surface area contributed by atoms with Gasteiger partial charge >= 0.3 is 6.03 Å². The topological polar surface area (TPSA) is 122 Å². The number of carbonyl (C=O) groups excluding carboxylic acids is 3. The number of amides is 4. The predicted octanol–water partition coefficient (Wildman–Crippen LogP) is 2.26. The minimum absolute atomic E-state index is 0.00898. The summed E-state index contributed by atoms with van der Waals surface area (Å²) in [6, 6.07) is 12.0. The summed E-state index contributed by atoms with van der Waals surface area (Å²) in [7, 11) is 0. The molecule has 1 saturated heterocycles. The normalized spacial score (nSPS) is 15.9. The Kier molecular flexibility index (Phi) is 5.87. The summed E-state index contributed by atoms with van der Waals surface area (Å²) in [6.07, 6.45) is 0.716. The maximum Gasteiger partial charge on any atom is 0.324 e. The second-order valence-corrected chi connectivity index (χ2v) is 6.75. The maximum atomic E-state index is 12.6. The first-order chi connectivity index (χ1) is 13.8. The third-order valence-electron chi connectivity index (χ3n) is 4.57. The highest BCUT2D eigenvalue weighted by atomic mass is 16.6. The summed E-state index contributed by atoms with van der Waals surface area (Å²) in [4.78, 5) is 47.4. The van der Waals surface area contributed by atoms with Crippen molar-refractivity contribution in [1.82, 2.24) is 10.2 Å². The zero-order valence-corrected chi connectivity index (χ0v) is 15.8. The van der Waals surface area contributed by atoms with Gasteiger partial charge in [-0.3, -0.25) is 24.6 Å². The fourth-order valence-electron chi connectivity index (χ4n) is 3.17. The molecule has 9 nitrogen and oxygen atoms in total. The molecule has 1 atom stereocenters. The number of rotatable bonds is 7. The number of imide groups is 1. The van der Waals surface area contributed by atoms with Crippen molar-refractivity contribution in [2.45, 2.75) is 25.8 Å². The van der Waals surface area contributed by atoms with Crippen LogP contribution in [0.1, 0.15) is 18.1 Å². The minimum atomic E-state index is -0.674. The molecule has 2 N–H and O–H groups in total. The molecule has 1 heterocycles. The van der Waals surface area contributed by atoms with Crippen LogP contribution in [-0.2, 0) is 22.4 Å². The summed E-state index contributed by atoms with van der Waals surface area (Å²) >= 11 is 0. The average Bonchev–Trinajstić information content (AvgIpc) is 2.93. The van der Waals surface area contributed by atoms with Crippen molar-refractivity contribution < 1.29 is 19.3 Å². The van der Waals surface area contributed by atoms with Crippen LogP contribution in [0.15, 0.2) is 48.5 Å². The lowest BCUT2D eigenvalue weighted by atomic mass is 10.0. The Labute approximate surface area is 166 Å². The number of benzene rings is 2. The van der Waals surface area contributed by atoms with Gasteiger partial charge in [0, 0.05) is 37.7 Å². The van der Waals surface area contributed by atoms with Crippen LogP contribution in [-0.4, -0.2) is 40.3 Å². The predicted molar refractivity (Wildman–Crippen MR) is 105 cm³/mol. The Hall–Kier alpha value is -3.75. The molecule has 2 aromatic rings. The van der Waals surface area contributed by atoms with E-state index in [4.69, 9.17) is 0 Å². The van der Waals surface area contributed by atoms with E-state index < -0.39 is 17.0 Å². The molecule has 1 fully saturated rings. The molecule has 0 saturated carbocycles. The lowest BCUT2D eigenvalue weighted by Crippen LogP contribution is -2.33. The van der Waals surface area contributed by atoms with Crippen LogP contribution in [0.4, 0.5) is 16.2 Å². The number of nitro groups is 1. The molecular formula is C20H20N4O5. The molecule has 1 aliphatic rings. The van der Waals surface area contributed by atoms with Crippen LogP contribution in [0.2, 0.25) is 0 Å². The molecule has 0 aromatic heterocycles. The standard InChI is InChI=1S/C20H20N4O5/c1-13(25)21-16-4-2-3-15(11-16)12-18-19(26)23(20(27)22-18)10-9-14-5-7-17(8-6-14)24(28)29/h2-8,11,18H,9-10,12H2,1H3,(H,21,25)(H,22,27). The number of nitrogens with one attached hydrogen (secondary N) is 2. The van der Waals surface area contributed by atoms with Crippen molar-refractivity contribution in [3.63, 3.8) is 0 Å². The second-order valence-electron chi connectivity index (χ2n) is 6.75. The first-order valence-corrected chi connectivity index (χ1v) is 9.05. The minimum Gasteiger partial charge on any atom is -0.326 e. The van der Waals surface area contributed by atoms with Crippen LogP contribution in [0, 0.1) is 10.1 Å². The third-order valence-corrected chi connectivity index (χ3v) is 4.57. The van der Waals surface area contributed by atoms with E-state index >= 15 is 0 Å². The van der Waals surface area contributed by atoms with Crippen LogP contribution in [0.5, 0.6) is 0 Å². The van der Waals surface area contributed by atoms with Gasteiger partial charge in [-0.25, -0.2) is 4.79 Å². The molecule has 0 radical (unpaired) electrons. The van der Waals surface area contributed by atoms with E-state index in [1.165, 1.54) is 19.1 Å². The number of nitrogens with zero attached hydrogens (tertiary/aromatic N) is 2. The number of hydrogen-bond acceptors (Lipinski definition) is 5. The van der Waals surface area contributed by atoms with Crippen LogP contribution in [0.25, 0.3) is 0 Å². The van der Waals surface area contributed by atoms with Gasteiger partial charge in [-0.2, -0.15) is 0 Å². The Morgan fingerprint density at radius 1 is 1.17 bits per heavy atom. The quantitative estimate of drug-likeness (QED) is 0.422. The van der Waals surface area contributed by atoms with Crippen LogP contribution >= 0.6 is 0 Å². The molecule has 150 valence electrons. The smallest absolute Gasteiger partial charge is 0.324 e. The number of nitro benzene ring substituents is 1. The van der Waals surface area contributed by atoms with E-state index in [1.54, 1.807) is 30.3 Å². The van der Waals surface area contributed by atoms with E-state index in [2.05, 4.69) is 10.6 Å². The summed E-state index contributed by atoms with van der Waals surface area (Å²) in [5.74, 6) is -0.508. The summed E-state index contributed by atoms with van der Waals surface area (Å²) in [6.45, 7) is 1.60. The van der Waals surface area contributed by atoms with Gasteiger partial charge < -0.3 is 10.6 Å². The van der Waals surface area contributed by atoms with E-state index in [1.807, 2.05) is 6.07 Å². The molecule has 9 heteroatoms. The van der Waals surface area contributed by atoms with Crippen molar-refractivity contribution in [3.8, 4) is 0 Å². The highest BCUT2D eigenvalue weighted by Crippen LogP contribution is 2.17. The monoisotopic (exact) mass is 396 g/mol. The van der Waals surface area contributed by atoms with Crippen molar-refractivity contribution >= 4 is 29.2 Å². The van der Waals surface area contributed by atoms with Gasteiger partial charge in [0.15, 0.2) is 0 Å². The third kappa shape index (κ3) is 4.95. The van der Waals surface area contributed by atoms with E-state index in [0.717, 1.165) is 16.0 Å². The van der Waals surface area contributed by atoms with E-state index in [0.29, 0.717) is 18.5 Å². The van der Waals surface area contributed by atoms with Crippen molar-refractivity contribution in [1.29, 1.82) is 0 Å². The summed E-state index contributed by atoms with van der Waals surface area (Å²) in [5, 5.41) is 16.1. The number of anilines is 1. The molecule has 1 unspecified atom stereocenters. The molecule has 29 heavy (non-hydrogen) atoms. The molecule has 2 aromatic carbocycles. The van der Waals surface area contributed by atoms with Gasteiger partial charge in [0.1, 0.15) is 6.04 Å². The first kappa shape index (κ1) is 20.0. The van der Waals surface area contributed by atoms with Gasteiger partial charge in [-0.05, 0) is 29.7 Å². The highest BCUT2D eigenvalue weighted by molar-refractivity contribution is 6.04. The van der Waals surface area contributed by atoms with Crippen LogP contribution < -0.4 is 10.6 Å². The first-order valence-electron chi connectivity index (χ1n) is 9.05. The van der Waals surface area contributed by atoms with Gasteiger partial charge in [-0.1, -0.05) is 24.3 Å². The molecular weight excluding hydrogens is 376 g/mol. The Morgan fingerprint density at radius 2 is 1.90 bits per heavy atom. The van der Waals surface area contributed by atoms with Gasteiger partial charge in [0.05, 0.1) is 4.92 Å². The Balaban J connectivity index is 1.60.